The number of imide groups is 1. The largest absolute Gasteiger partial charge is 0.549 e. The zero-order valence-electron chi connectivity index (χ0n) is 22.0. The Labute approximate surface area is 230 Å². The van der Waals surface area contributed by atoms with Crippen LogP contribution < -0.4 is 25.7 Å². The van der Waals surface area contributed by atoms with Gasteiger partial charge < -0.3 is 44.9 Å². The molecule has 0 aromatic rings. The van der Waals surface area contributed by atoms with Crippen molar-refractivity contribution < 1.29 is 54.0 Å². The van der Waals surface area contributed by atoms with Crippen LogP contribution in [0.15, 0.2) is 12.2 Å². The van der Waals surface area contributed by atoms with E-state index >= 15 is 0 Å². The van der Waals surface area contributed by atoms with Gasteiger partial charge in [0.25, 0.3) is 11.8 Å². The van der Waals surface area contributed by atoms with Gasteiger partial charge in [0, 0.05) is 77.6 Å². The van der Waals surface area contributed by atoms with Crippen molar-refractivity contribution in [2.24, 2.45) is 0 Å². The van der Waals surface area contributed by atoms with E-state index in [2.05, 4.69) is 5.32 Å². The quantitative estimate of drug-likeness (QED) is 0.0892. The third-order valence-corrected chi connectivity index (χ3v) is 5.77. The van der Waals surface area contributed by atoms with Crippen molar-refractivity contribution in [3.63, 3.8) is 0 Å². The van der Waals surface area contributed by atoms with Crippen LogP contribution in [-0.4, -0.2) is 133 Å². The van der Waals surface area contributed by atoms with E-state index < -0.39 is 56.0 Å². The first-order valence-electron chi connectivity index (χ1n) is 12.6. The van der Waals surface area contributed by atoms with Gasteiger partial charge in [0.15, 0.2) is 0 Å². The van der Waals surface area contributed by atoms with E-state index in [-0.39, 0.29) is 44.5 Å². The van der Waals surface area contributed by atoms with Crippen molar-refractivity contribution >= 4 is 41.6 Å². The summed E-state index contributed by atoms with van der Waals surface area (Å²) in [4.78, 5) is 83.9. The first kappa shape index (κ1) is 34.1. The molecule has 0 fully saturated rings. The summed E-state index contributed by atoms with van der Waals surface area (Å²) in [6, 6.07) is 0. The number of aliphatic carboxylic acids is 4. The Hall–Kier alpha value is -3.89. The van der Waals surface area contributed by atoms with Crippen LogP contribution in [-0.2, 0) is 33.6 Å². The maximum atomic E-state index is 12.3. The van der Waals surface area contributed by atoms with Crippen molar-refractivity contribution in [1.29, 1.82) is 0 Å². The van der Waals surface area contributed by atoms with Crippen LogP contribution in [0.1, 0.15) is 25.7 Å². The van der Waals surface area contributed by atoms with E-state index in [4.69, 9.17) is 0 Å². The average molecular weight is 568 g/mol. The molecule has 0 unspecified atom stereocenters. The van der Waals surface area contributed by atoms with Gasteiger partial charge in [0.05, 0.1) is 30.4 Å². The highest BCUT2D eigenvalue weighted by Crippen LogP contribution is 2.07. The molecule has 224 valence electrons. The summed E-state index contributed by atoms with van der Waals surface area (Å²) in [5.74, 6) is -7.15. The minimum Gasteiger partial charge on any atom is -0.549 e. The molecule has 1 aliphatic heterocycles. The second-order valence-corrected chi connectivity index (χ2v) is 9.11. The number of nitrogens with zero attached hydrogens (tertiary/aromatic N) is 4. The lowest BCUT2D eigenvalue weighted by atomic mass is 10.2. The summed E-state index contributed by atoms with van der Waals surface area (Å²) >= 11 is 0. The van der Waals surface area contributed by atoms with Crippen LogP contribution in [0.2, 0.25) is 0 Å². The van der Waals surface area contributed by atoms with Crippen molar-refractivity contribution in [2.45, 2.75) is 25.7 Å². The topological polar surface area (TPSA) is 237 Å². The van der Waals surface area contributed by atoms with E-state index in [0.717, 1.165) is 22.6 Å². The summed E-state index contributed by atoms with van der Waals surface area (Å²) < 4.78 is 0. The van der Waals surface area contributed by atoms with E-state index in [1.807, 2.05) is 0 Å². The van der Waals surface area contributed by atoms with Gasteiger partial charge in [0.2, 0.25) is 5.91 Å². The second kappa shape index (κ2) is 18.4. The number of rotatable bonds is 23. The third-order valence-electron chi connectivity index (χ3n) is 5.77. The molecule has 1 aliphatic rings. The monoisotopic (exact) mass is 567 g/mol. The van der Waals surface area contributed by atoms with E-state index in [9.17, 15) is 54.0 Å². The molecule has 0 atom stereocenters. The Morgan fingerprint density at radius 2 is 1.00 bits per heavy atom. The molecule has 1 heterocycles. The molecule has 16 nitrogen and oxygen atoms in total. The molecule has 3 amide bonds. The standard InChI is InChI=1S/C24H37N5O11/c30-18(25-7-3-1-2-4-8-29-19(31)5-6-20(29)32)13-27(15-22(35)36)11-9-26(14-21(33)34)10-12-28(16-23(37)38)17-24(39)40/h5-6H,1-4,7-17H2,(H,25,30)(H,33,34)(H,35,36)(H,37,38)(H,39,40)/p-4. The van der Waals surface area contributed by atoms with E-state index in [0.29, 0.717) is 25.9 Å². The average Bonchev–Trinajstić information content (AvgIpc) is 3.15. The maximum absolute atomic E-state index is 12.3. The molecule has 0 radical (unpaired) electrons. The highest BCUT2D eigenvalue weighted by molar-refractivity contribution is 6.12. The fourth-order valence-corrected chi connectivity index (χ4v) is 3.88. The summed E-state index contributed by atoms with van der Waals surface area (Å²) in [5, 5.41) is 46.6. The Morgan fingerprint density at radius 1 is 0.600 bits per heavy atom. The number of carboxylic acids is 4. The van der Waals surface area contributed by atoms with Crippen LogP contribution in [0, 0.1) is 0 Å². The van der Waals surface area contributed by atoms with Gasteiger partial charge >= 0.3 is 0 Å². The van der Waals surface area contributed by atoms with Crippen molar-refractivity contribution in [2.75, 3.05) is 72.0 Å². The smallest absolute Gasteiger partial charge is 0.253 e. The third kappa shape index (κ3) is 15.5. The molecule has 0 spiro atoms. The highest BCUT2D eigenvalue weighted by Gasteiger charge is 2.22. The first-order valence-corrected chi connectivity index (χ1v) is 12.6. The number of carbonyl (C=O) groups excluding carboxylic acids is 7. The molecular weight excluding hydrogens is 534 g/mol. The zero-order chi connectivity index (χ0) is 30.1. The predicted molar refractivity (Wildman–Crippen MR) is 127 cm³/mol. The Morgan fingerprint density at radius 3 is 1.48 bits per heavy atom. The molecule has 40 heavy (non-hydrogen) atoms. The SMILES string of the molecule is O=C([O-])CN(CCN(CC(=O)[O-])CC(=O)[O-])CCN(CC(=O)[O-])CC(=O)NCCCCCCN1C(=O)C=CC1=O. The lowest BCUT2D eigenvalue weighted by Crippen LogP contribution is -2.50. The van der Waals surface area contributed by atoms with Gasteiger partial charge in [-0.15, -0.1) is 0 Å². The lowest BCUT2D eigenvalue weighted by Gasteiger charge is -2.30. The lowest BCUT2D eigenvalue weighted by molar-refractivity contribution is -0.311. The van der Waals surface area contributed by atoms with Gasteiger partial charge in [-0.25, -0.2) is 0 Å². The molecule has 16 heteroatoms. The van der Waals surface area contributed by atoms with E-state index in [1.54, 1.807) is 0 Å². The zero-order valence-corrected chi connectivity index (χ0v) is 22.0. The fourth-order valence-electron chi connectivity index (χ4n) is 3.88. The molecule has 1 rings (SSSR count). The van der Waals surface area contributed by atoms with Crippen LogP contribution >= 0.6 is 0 Å². The molecule has 0 aliphatic carbocycles. The number of nitrogens with one attached hydrogen (secondary N) is 1. The fraction of sp³-hybridized carbons (Fsp3) is 0.625. The molecule has 0 saturated heterocycles. The first-order chi connectivity index (χ1) is 18.9. The predicted octanol–water partition coefficient (Wildman–Crippen LogP) is -7.51. The Balaban J connectivity index is 2.46. The van der Waals surface area contributed by atoms with Crippen LogP contribution in [0.5, 0.6) is 0 Å². The highest BCUT2D eigenvalue weighted by atomic mass is 16.4. The molecule has 0 aromatic heterocycles. The minimum atomic E-state index is -1.54. The number of hydrogen-bond donors (Lipinski definition) is 1. The normalized spacial score (nSPS) is 13.0. The van der Waals surface area contributed by atoms with Crippen LogP contribution in [0.4, 0.5) is 0 Å². The number of carbonyl (C=O) groups is 7. The van der Waals surface area contributed by atoms with Gasteiger partial charge in [-0.2, -0.15) is 0 Å². The van der Waals surface area contributed by atoms with Gasteiger partial charge in [0.1, 0.15) is 0 Å². The summed E-state index contributed by atoms with van der Waals surface area (Å²) in [6.45, 7) is -2.76. The van der Waals surface area contributed by atoms with Gasteiger partial charge in [-0.1, -0.05) is 12.8 Å². The summed E-state index contributed by atoms with van der Waals surface area (Å²) in [6.07, 6.45) is 5.11. The Kier molecular flexibility index (Phi) is 15.7. The molecule has 0 bridgehead atoms. The minimum absolute atomic E-state index is 0.0590. The second-order valence-electron chi connectivity index (χ2n) is 9.11. The number of unbranched alkanes of at least 4 members (excludes halogenated alkanes) is 3. The summed E-state index contributed by atoms with van der Waals surface area (Å²) in [5.41, 5.74) is 0. The number of amides is 3. The maximum Gasteiger partial charge on any atom is 0.253 e. The Bertz CT molecular complexity index is 921. The number of carboxylic acid groups (broad SMARTS) is 4. The van der Waals surface area contributed by atoms with Crippen LogP contribution in [0.25, 0.3) is 0 Å². The van der Waals surface area contributed by atoms with Crippen molar-refractivity contribution in [3.8, 4) is 0 Å². The molecule has 1 N–H and O–H groups in total. The number of hydrogen-bond acceptors (Lipinski definition) is 14. The summed E-state index contributed by atoms with van der Waals surface area (Å²) in [7, 11) is 0. The molecule has 0 aromatic carbocycles. The van der Waals surface area contributed by atoms with Crippen LogP contribution in [0.3, 0.4) is 0 Å². The van der Waals surface area contributed by atoms with Crippen molar-refractivity contribution in [1.82, 2.24) is 24.9 Å². The van der Waals surface area contributed by atoms with Crippen molar-refractivity contribution in [3.05, 3.63) is 12.2 Å². The van der Waals surface area contributed by atoms with E-state index in [1.165, 1.54) is 22.0 Å². The van der Waals surface area contributed by atoms with Gasteiger partial charge in [-0.05, 0) is 12.8 Å². The van der Waals surface area contributed by atoms with Gasteiger partial charge in [-0.3, -0.25) is 34.0 Å². The molecular formula is C24H33N5O11-4. The molecule has 0 saturated carbocycles.